The summed E-state index contributed by atoms with van der Waals surface area (Å²) < 4.78 is 11.1. The first-order valence-electron chi connectivity index (χ1n) is 6.10. The minimum absolute atomic E-state index is 0.374. The van der Waals surface area contributed by atoms with Crippen molar-refractivity contribution in [1.82, 2.24) is 0 Å². The molecule has 1 aromatic rings. The van der Waals surface area contributed by atoms with Gasteiger partial charge < -0.3 is 20.1 Å². The normalized spacial score (nSPS) is 27.2. The first kappa shape index (κ1) is 10.7. The van der Waals surface area contributed by atoms with Crippen LogP contribution in [0.4, 0.5) is 11.4 Å². The lowest BCUT2D eigenvalue weighted by Gasteiger charge is -2.34. The average molecular weight is 234 g/mol. The van der Waals surface area contributed by atoms with Gasteiger partial charge in [-0.1, -0.05) is 0 Å². The standard InChI is InChI=1S/C13H18N2O2/c1-16-9-4-5-12(14)13(6-9)15-7-10-2-3-11(8-15)17-10/h4-6,10-11H,2-3,7-8,14H2,1H3. The highest BCUT2D eigenvalue weighted by Crippen LogP contribution is 2.34. The van der Waals surface area contributed by atoms with Crippen LogP contribution in [0.5, 0.6) is 5.75 Å². The zero-order valence-electron chi connectivity index (χ0n) is 10.1. The number of anilines is 2. The number of morpholine rings is 1. The van der Waals surface area contributed by atoms with E-state index in [2.05, 4.69) is 4.90 Å². The van der Waals surface area contributed by atoms with Crippen LogP contribution in [0.2, 0.25) is 0 Å². The molecule has 4 nitrogen and oxygen atoms in total. The number of nitrogens with zero attached hydrogens (tertiary/aromatic N) is 1. The van der Waals surface area contributed by atoms with Crippen molar-refractivity contribution in [3.63, 3.8) is 0 Å². The van der Waals surface area contributed by atoms with Gasteiger partial charge in [-0.05, 0) is 25.0 Å². The summed E-state index contributed by atoms with van der Waals surface area (Å²) in [6, 6.07) is 5.82. The van der Waals surface area contributed by atoms with Crippen molar-refractivity contribution in [2.75, 3.05) is 30.8 Å². The summed E-state index contributed by atoms with van der Waals surface area (Å²) in [5, 5.41) is 0. The van der Waals surface area contributed by atoms with E-state index in [0.717, 1.165) is 30.2 Å². The van der Waals surface area contributed by atoms with Crippen LogP contribution < -0.4 is 15.4 Å². The minimum Gasteiger partial charge on any atom is -0.497 e. The monoisotopic (exact) mass is 234 g/mol. The van der Waals surface area contributed by atoms with E-state index in [1.165, 1.54) is 12.8 Å². The van der Waals surface area contributed by atoms with Gasteiger partial charge in [-0.15, -0.1) is 0 Å². The summed E-state index contributed by atoms with van der Waals surface area (Å²) in [6.45, 7) is 1.88. The number of fused-ring (bicyclic) bond motifs is 2. The molecule has 2 aliphatic rings. The molecule has 2 atom stereocenters. The number of ether oxygens (including phenoxy) is 2. The molecule has 0 spiro atoms. The zero-order valence-corrected chi connectivity index (χ0v) is 10.1. The van der Waals surface area contributed by atoms with E-state index in [1.54, 1.807) is 7.11 Å². The number of hydrogen-bond donors (Lipinski definition) is 1. The molecule has 0 aromatic heterocycles. The lowest BCUT2D eigenvalue weighted by Crippen LogP contribution is -2.42. The topological polar surface area (TPSA) is 47.7 Å². The fraction of sp³-hybridized carbons (Fsp3) is 0.538. The van der Waals surface area contributed by atoms with Crippen molar-refractivity contribution in [2.24, 2.45) is 0 Å². The molecule has 17 heavy (non-hydrogen) atoms. The quantitative estimate of drug-likeness (QED) is 0.790. The third-order valence-electron chi connectivity index (χ3n) is 3.62. The number of rotatable bonds is 2. The van der Waals surface area contributed by atoms with Gasteiger partial charge in [-0.3, -0.25) is 0 Å². The van der Waals surface area contributed by atoms with Gasteiger partial charge in [0.25, 0.3) is 0 Å². The number of benzene rings is 1. The third-order valence-corrected chi connectivity index (χ3v) is 3.62. The van der Waals surface area contributed by atoms with Crippen LogP contribution in [0, 0.1) is 0 Å². The zero-order chi connectivity index (χ0) is 11.8. The number of nitrogens with two attached hydrogens (primary N) is 1. The van der Waals surface area contributed by atoms with Crippen molar-refractivity contribution >= 4 is 11.4 Å². The maximum absolute atomic E-state index is 6.05. The van der Waals surface area contributed by atoms with Crippen molar-refractivity contribution in [3.05, 3.63) is 18.2 Å². The van der Waals surface area contributed by atoms with Gasteiger partial charge in [0.05, 0.1) is 30.7 Å². The van der Waals surface area contributed by atoms with Crippen LogP contribution in [0.3, 0.4) is 0 Å². The van der Waals surface area contributed by atoms with Gasteiger partial charge >= 0.3 is 0 Å². The summed E-state index contributed by atoms with van der Waals surface area (Å²) in [6.07, 6.45) is 3.09. The Bertz CT molecular complexity index is 410. The molecule has 2 bridgehead atoms. The van der Waals surface area contributed by atoms with Gasteiger partial charge in [-0.25, -0.2) is 0 Å². The van der Waals surface area contributed by atoms with E-state index in [9.17, 15) is 0 Å². The molecule has 1 aromatic carbocycles. The summed E-state index contributed by atoms with van der Waals surface area (Å²) in [4.78, 5) is 2.32. The Balaban J connectivity index is 1.88. The van der Waals surface area contributed by atoms with Crippen LogP contribution in [0.1, 0.15) is 12.8 Å². The lowest BCUT2D eigenvalue weighted by molar-refractivity contribution is 0.0305. The van der Waals surface area contributed by atoms with E-state index in [4.69, 9.17) is 15.2 Å². The molecule has 0 aliphatic carbocycles. The molecule has 0 radical (unpaired) electrons. The molecule has 2 heterocycles. The summed E-state index contributed by atoms with van der Waals surface area (Å²) in [5.74, 6) is 0.855. The van der Waals surface area contributed by atoms with Crippen molar-refractivity contribution in [1.29, 1.82) is 0 Å². The largest absolute Gasteiger partial charge is 0.497 e. The second-order valence-electron chi connectivity index (χ2n) is 4.79. The summed E-state index contributed by atoms with van der Waals surface area (Å²) in [7, 11) is 1.68. The highest BCUT2D eigenvalue weighted by molar-refractivity contribution is 5.70. The Kier molecular flexibility index (Phi) is 2.59. The Hall–Kier alpha value is -1.42. The fourth-order valence-electron chi connectivity index (χ4n) is 2.74. The van der Waals surface area contributed by atoms with E-state index >= 15 is 0 Å². The molecule has 2 N–H and O–H groups in total. The average Bonchev–Trinajstić information content (AvgIpc) is 2.69. The molecule has 2 fully saturated rings. The van der Waals surface area contributed by atoms with Crippen molar-refractivity contribution in [3.8, 4) is 5.75 Å². The fourth-order valence-corrected chi connectivity index (χ4v) is 2.74. The van der Waals surface area contributed by atoms with Gasteiger partial charge in [-0.2, -0.15) is 0 Å². The summed E-state index contributed by atoms with van der Waals surface area (Å²) >= 11 is 0. The second-order valence-corrected chi connectivity index (χ2v) is 4.79. The minimum atomic E-state index is 0.374. The molecule has 2 unspecified atom stereocenters. The van der Waals surface area contributed by atoms with Gasteiger partial charge in [0.1, 0.15) is 5.75 Å². The molecular formula is C13H18N2O2. The maximum atomic E-state index is 6.05. The second kappa shape index (κ2) is 4.11. The molecular weight excluding hydrogens is 216 g/mol. The maximum Gasteiger partial charge on any atom is 0.121 e. The van der Waals surface area contributed by atoms with E-state index in [1.807, 2.05) is 18.2 Å². The number of nitrogen functional groups attached to an aromatic ring is 1. The molecule has 3 rings (SSSR count). The Morgan fingerprint density at radius 3 is 2.65 bits per heavy atom. The third kappa shape index (κ3) is 1.93. The van der Waals surface area contributed by atoms with Crippen molar-refractivity contribution in [2.45, 2.75) is 25.0 Å². The van der Waals surface area contributed by atoms with Gasteiger partial charge in [0.2, 0.25) is 0 Å². The Morgan fingerprint density at radius 1 is 1.29 bits per heavy atom. The van der Waals surface area contributed by atoms with Gasteiger partial charge in [0.15, 0.2) is 0 Å². The Labute approximate surface area is 101 Å². The molecule has 0 saturated carbocycles. The molecule has 92 valence electrons. The highest BCUT2D eigenvalue weighted by Gasteiger charge is 2.34. The van der Waals surface area contributed by atoms with E-state index < -0.39 is 0 Å². The first-order valence-corrected chi connectivity index (χ1v) is 6.10. The Morgan fingerprint density at radius 2 is 2.00 bits per heavy atom. The smallest absolute Gasteiger partial charge is 0.121 e. The predicted molar refractivity (Wildman–Crippen MR) is 67.5 cm³/mol. The predicted octanol–water partition coefficient (Wildman–Crippen LogP) is 1.64. The highest BCUT2D eigenvalue weighted by atomic mass is 16.5. The van der Waals surface area contributed by atoms with Crippen LogP contribution in [0.25, 0.3) is 0 Å². The molecule has 0 amide bonds. The van der Waals surface area contributed by atoms with Crippen LogP contribution >= 0.6 is 0 Å². The van der Waals surface area contributed by atoms with E-state index in [-0.39, 0.29) is 0 Å². The van der Waals surface area contributed by atoms with Gasteiger partial charge in [0, 0.05) is 19.2 Å². The van der Waals surface area contributed by atoms with Crippen LogP contribution in [-0.4, -0.2) is 32.4 Å². The molecule has 2 aliphatic heterocycles. The summed E-state index contributed by atoms with van der Waals surface area (Å²) in [5.41, 5.74) is 7.93. The van der Waals surface area contributed by atoms with Crippen LogP contribution in [-0.2, 0) is 4.74 Å². The lowest BCUT2D eigenvalue weighted by atomic mass is 10.2. The first-order chi connectivity index (χ1) is 8.26. The SMILES string of the molecule is COc1ccc(N)c(N2CC3CCC(C2)O3)c1. The molecule has 2 saturated heterocycles. The molecule has 4 heteroatoms. The van der Waals surface area contributed by atoms with Crippen molar-refractivity contribution < 1.29 is 9.47 Å². The number of hydrogen-bond acceptors (Lipinski definition) is 4. The van der Waals surface area contributed by atoms with E-state index in [0.29, 0.717) is 12.2 Å². The van der Waals surface area contributed by atoms with Crippen LogP contribution in [0.15, 0.2) is 18.2 Å². The number of methoxy groups -OCH3 is 1.